The van der Waals surface area contributed by atoms with E-state index in [1.165, 1.54) is 0 Å². The van der Waals surface area contributed by atoms with E-state index < -0.39 is 0 Å². The Morgan fingerprint density at radius 3 is 2.60 bits per heavy atom. The third-order valence-electron chi connectivity index (χ3n) is 1.84. The summed E-state index contributed by atoms with van der Waals surface area (Å²) in [4.78, 5) is 8.65. The highest BCUT2D eigenvalue weighted by atomic mass is 79.9. The molecule has 1 rings (SSSR count). The Labute approximate surface area is 98.8 Å². The minimum Gasteiger partial charge on any atom is -0.357 e. The molecule has 0 fully saturated rings. The Morgan fingerprint density at radius 1 is 1.40 bits per heavy atom. The zero-order valence-corrected chi connectivity index (χ0v) is 10.7. The number of halogens is 1. The van der Waals surface area contributed by atoms with Crippen LogP contribution in [0, 0.1) is 12.3 Å². The molecule has 0 spiro atoms. The van der Waals surface area contributed by atoms with Crippen molar-refractivity contribution in [2.45, 2.75) is 32.7 Å². The molecule has 0 saturated heterocycles. The summed E-state index contributed by atoms with van der Waals surface area (Å²) in [6, 6.07) is 1.78. The van der Waals surface area contributed by atoms with Crippen LogP contribution in [-0.4, -0.2) is 16.0 Å². The quantitative estimate of drug-likeness (QED) is 0.676. The summed E-state index contributed by atoms with van der Waals surface area (Å²) in [6.45, 7) is 6.01. The lowest BCUT2D eigenvalue weighted by Gasteiger charge is -2.11. The molecule has 1 atom stereocenters. The second kappa shape index (κ2) is 5.13. The van der Waals surface area contributed by atoms with Crippen LogP contribution in [0.3, 0.4) is 0 Å². The van der Waals surface area contributed by atoms with Gasteiger partial charge in [0, 0.05) is 12.0 Å². The molecule has 1 aromatic rings. The van der Waals surface area contributed by atoms with Gasteiger partial charge in [0.25, 0.3) is 0 Å². The Bertz CT molecular complexity index is 382. The van der Waals surface area contributed by atoms with Gasteiger partial charge >= 0.3 is 0 Å². The number of nitrogens with one attached hydrogen (secondary N) is 1. The summed E-state index contributed by atoms with van der Waals surface area (Å²) in [5.41, 5.74) is 0. The fraction of sp³-hybridized carbons (Fsp3) is 0.455. The molecule has 0 amide bonds. The Morgan fingerprint density at radius 2 is 2.07 bits per heavy atom. The van der Waals surface area contributed by atoms with Crippen molar-refractivity contribution in [1.29, 1.82) is 0 Å². The highest BCUT2D eigenvalue weighted by molar-refractivity contribution is 9.10. The van der Waals surface area contributed by atoms with Crippen LogP contribution in [0.2, 0.25) is 0 Å². The van der Waals surface area contributed by atoms with Gasteiger partial charge in [0.2, 0.25) is 0 Å². The first-order valence-electron chi connectivity index (χ1n) is 4.80. The normalized spacial score (nSPS) is 12.3. The molecule has 0 radical (unpaired) electrons. The summed E-state index contributed by atoms with van der Waals surface area (Å²) in [6.07, 6.45) is 5.29. The molecule has 80 valence electrons. The van der Waals surface area contributed by atoms with Gasteiger partial charge in [-0.3, -0.25) is 0 Å². The maximum absolute atomic E-state index is 5.29. The highest BCUT2D eigenvalue weighted by Gasteiger charge is 2.07. The molecule has 1 heterocycles. The Kier molecular flexibility index (Phi) is 4.10. The molecular weight excluding hydrogens is 254 g/mol. The zero-order chi connectivity index (χ0) is 11.4. The molecule has 1 unspecified atom stereocenters. The van der Waals surface area contributed by atoms with Crippen LogP contribution in [-0.2, 0) is 0 Å². The SMILES string of the molecule is C#CC(C)Nc1cc(Br)nc(C(C)C)n1. The summed E-state index contributed by atoms with van der Waals surface area (Å²) in [7, 11) is 0. The Balaban J connectivity index is 2.95. The number of rotatable bonds is 3. The van der Waals surface area contributed by atoms with Crippen LogP contribution in [0.15, 0.2) is 10.7 Å². The van der Waals surface area contributed by atoms with Crippen molar-refractivity contribution >= 4 is 21.7 Å². The van der Waals surface area contributed by atoms with Crippen LogP contribution in [0.4, 0.5) is 5.82 Å². The van der Waals surface area contributed by atoms with Crippen LogP contribution < -0.4 is 5.32 Å². The van der Waals surface area contributed by atoms with Crippen LogP contribution in [0.25, 0.3) is 0 Å². The summed E-state index contributed by atoms with van der Waals surface area (Å²) in [5, 5.41) is 3.11. The first kappa shape index (κ1) is 12.0. The molecule has 0 aliphatic heterocycles. The van der Waals surface area contributed by atoms with Crippen molar-refractivity contribution in [3.05, 3.63) is 16.5 Å². The molecule has 4 heteroatoms. The average molecular weight is 268 g/mol. The van der Waals surface area contributed by atoms with E-state index in [2.05, 4.69) is 51.0 Å². The second-order valence-electron chi connectivity index (χ2n) is 3.62. The smallest absolute Gasteiger partial charge is 0.134 e. The van der Waals surface area contributed by atoms with Crippen LogP contribution in [0.5, 0.6) is 0 Å². The predicted molar refractivity (Wildman–Crippen MR) is 65.7 cm³/mol. The van der Waals surface area contributed by atoms with Crippen molar-refractivity contribution in [3.8, 4) is 12.3 Å². The molecule has 3 nitrogen and oxygen atoms in total. The molecule has 0 aromatic carbocycles. The van der Waals surface area contributed by atoms with Crippen molar-refractivity contribution in [2.24, 2.45) is 0 Å². The molecule has 0 aliphatic rings. The van der Waals surface area contributed by atoms with Gasteiger partial charge in [-0.15, -0.1) is 6.42 Å². The predicted octanol–water partition coefficient (Wildman–Crippen LogP) is 2.80. The van der Waals surface area contributed by atoms with Crippen LogP contribution in [0.1, 0.15) is 32.5 Å². The second-order valence-corrected chi connectivity index (χ2v) is 4.43. The number of anilines is 1. The van der Waals surface area contributed by atoms with E-state index >= 15 is 0 Å². The lowest BCUT2D eigenvalue weighted by atomic mass is 10.2. The molecule has 0 bridgehead atoms. The number of aromatic nitrogens is 2. The zero-order valence-electron chi connectivity index (χ0n) is 9.08. The third-order valence-corrected chi connectivity index (χ3v) is 2.25. The molecule has 15 heavy (non-hydrogen) atoms. The van der Waals surface area contributed by atoms with Gasteiger partial charge < -0.3 is 5.32 Å². The average Bonchev–Trinajstić information content (AvgIpc) is 2.16. The van der Waals surface area contributed by atoms with E-state index in [4.69, 9.17) is 6.42 Å². The number of hydrogen-bond acceptors (Lipinski definition) is 3. The van der Waals surface area contributed by atoms with Gasteiger partial charge in [0.15, 0.2) is 0 Å². The highest BCUT2D eigenvalue weighted by Crippen LogP contribution is 2.17. The molecular formula is C11H14BrN3. The summed E-state index contributed by atoms with van der Waals surface area (Å²) >= 11 is 3.35. The maximum Gasteiger partial charge on any atom is 0.134 e. The maximum atomic E-state index is 5.29. The van der Waals surface area contributed by atoms with E-state index in [0.717, 1.165) is 16.2 Å². The van der Waals surface area contributed by atoms with Crippen molar-refractivity contribution in [3.63, 3.8) is 0 Å². The van der Waals surface area contributed by atoms with Gasteiger partial charge in [-0.25, -0.2) is 9.97 Å². The third kappa shape index (κ3) is 3.52. The minimum atomic E-state index is -0.0354. The molecule has 1 aromatic heterocycles. The monoisotopic (exact) mass is 267 g/mol. The lowest BCUT2D eigenvalue weighted by Crippen LogP contribution is -2.14. The van der Waals surface area contributed by atoms with Crippen LogP contribution >= 0.6 is 15.9 Å². The van der Waals surface area contributed by atoms with E-state index in [-0.39, 0.29) is 6.04 Å². The van der Waals surface area contributed by atoms with Gasteiger partial charge in [-0.2, -0.15) is 0 Å². The Hall–Kier alpha value is -1.08. The van der Waals surface area contributed by atoms with E-state index in [1.54, 1.807) is 0 Å². The molecule has 1 N–H and O–H groups in total. The molecule has 0 aliphatic carbocycles. The van der Waals surface area contributed by atoms with Gasteiger partial charge in [-0.05, 0) is 22.9 Å². The van der Waals surface area contributed by atoms with Crippen molar-refractivity contribution in [1.82, 2.24) is 9.97 Å². The van der Waals surface area contributed by atoms with Gasteiger partial charge in [0.05, 0.1) is 6.04 Å². The standard InChI is InChI=1S/C11H14BrN3/c1-5-8(4)13-10-6-9(12)14-11(15-10)7(2)3/h1,6-8H,2-4H3,(H,13,14,15). The number of hydrogen-bond donors (Lipinski definition) is 1. The molecule has 0 saturated carbocycles. The van der Waals surface area contributed by atoms with Crippen molar-refractivity contribution in [2.75, 3.05) is 5.32 Å². The minimum absolute atomic E-state index is 0.0354. The van der Waals surface area contributed by atoms with Gasteiger partial charge in [-0.1, -0.05) is 19.8 Å². The first-order valence-corrected chi connectivity index (χ1v) is 5.59. The lowest BCUT2D eigenvalue weighted by molar-refractivity contribution is 0.768. The van der Waals surface area contributed by atoms with E-state index in [1.807, 2.05) is 13.0 Å². The topological polar surface area (TPSA) is 37.8 Å². The number of terminal acetylenes is 1. The summed E-state index contributed by atoms with van der Waals surface area (Å²) < 4.78 is 0.771. The van der Waals surface area contributed by atoms with Crippen molar-refractivity contribution < 1.29 is 0 Å². The largest absolute Gasteiger partial charge is 0.357 e. The fourth-order valence-corrected chi connectivity index (χ4v) is 1.43. The van der Waals surface area contributed by atoms with E-state index in [0.29, 0.717) is 5.92 Å². The number of nitrogens with zero attached hydrogens (tertiary/aromatic N) is 2. The fourth-order valence-electron chi connectivity index (χ4n) is 1.03. The first-order chi connectivity index (χ1) is 7.02. The summed E-state index contributed by atoms with van der Waals surface area (Å²) in [5.74, 6) is 4.45. The van der Waals surface area contributed by atoms with E-state index in [9.17, 15) is 0 Å². The van der Waals surface area contributed by atoms with Gasteiger partial charge in [0.1, 0.15) is 16.2 Å².